The second-order valence-electron chi connectivity index (χ2n) is 8.63. The molecular formula is C26H36N4O8. The summed E-state index contributed by atoms with van der Waals surface area (Å²) in [5.41, 5.74) is 1.37. The van der Waals surface area contributed by atoms with Crippen LogP contribution in [0.25, 0.3) is 0 Å². The molecular weight excluding hydrogens is 496 g/mol. The summed E-state index contributed by atoms with van der Waals surface area (Å²) in [6.45, 7) is 6.75. The van der Waals surface area contributed by atoms with Gasteiger partial charge in [-0.3, -0.25) is 9.80 Å². The van der Waals surface area contributed by atoms with Crippen LogP contribution >= 0.6 is 0 Å². The molecule has 12 nitrogen and oxygen atoms in total. The van der Waals surface area contributed by atoms with Gasteiger partial charge in [0.15, 0.2) is 11.4 Å². The van der Waals surface area contributed by atoms with Crippen LogP contribution < -0.4 is 0 Å². The molecule has 3 rings (SSSR count). The molecule has 0 bridgehead atoms. The lowest BCUT2D eigenvalue weighted by molar-refractivity contribution is 0.00613. The van der Waals surface area contributed by atoms with E-state index in [1.54, 1.807) is 24.3 Å². The van der Waals surface area contributed by atoms with Gasteiger partial charge in [-0.05, 0) is 23.3 Å². The Morgan fingerprint density at radius 3 is 1.29 bits per heavy atom. The largest absolute Gasteiger partial charge is 0.477 e. The highest BCUT2D eigenvalue weighted by molar-refractivity contribution is 5.87. The van der Waals surface area contributed by atoms with Gasteiger partial charge in [0.1, 0.15) is 0 Å². The molecule has 1 saturated heterocycles. The molecule has 3 heterocycles. The highest BCUT2D eigenvalue weighted by Crippen LogP contribution is 2.11. The van der Waals surface area contributed by atoms with Crippen LogP contribution in [-0.2, 0) is 32.0 Å². The van der Waals surface area contributed by atoms with Crippen molar-refractivity contribution in [1.82, 2.24) is 19.8 Å². The van der Waals surface area contributed by atoms with Crippen molar-refractivity contribution in [3.63, 3.8) is 0 Å². The van der Waals surface area contributed by atoms with Crippen LogP contribution in [-0.4, -0.2) is 121 Å². The van der Waals surface area contributed by atoms with Gasteiger partial charge in [-0.15, -0.1) is 0 Å². The zero-order valence-corrected chi connectivity index (χ0v) is 21.5. The van der Waals surface area contributed by atoms with Crippen molar-refractivity contribution < 1.29 is 38.7 Å². The van der Waals surface area contributed by atoms with Gasteiger partial charge in [-0.25, -0.2) is 19.6 Å². The minimum atomic E-state index is -1.05. The number of hydrogen-bond acceptors (Lipinski definition) is 10. The van der Waals surface area contributed by atoms with Crippen molar-refractivity contribution >= 4 is 11.9 Å². The predicted molar refractivity (Wildman–Crippen MR) is 136 cm³/mol. The Morgan fingerprint density at radius 1 is 0.632 bits per heavy atom. The summed E-state index contributed by atoms with van der Waals surface area (Å²) in [5.74, 6) is -2.10. The van der Waals surface area contributed by atoms with E-state index in [0.29, 0.717) is 103 Å². The van der Waals surface area contributed by atoms with Crippen LogP contribution in [0.5, 0.6) is 0 Å². The van der Waals surface area contributed by atoms with Gasteiger partial charge in [-0.1, -0.05) is 12.1 Å². The Morgan fingerprint density at radius 2 is 0.974 bits per heavy atom. The number of pyridine rings is 2. The van der Waals surface area contributed by atoms with Gasteiger partial charge in [0.05, 0.1) is 52.9 Å². The fraction of sp³-hybridized carbons (Fsp3) is 0.538. The van der Waals surface area contributed by atoms with Crippen molar-refractivity contribution in [2.45, 2.75) is 13.1 Å². The zero-order valence-electron chi connectivity index (χ0n) is 21.5. The molecule has 0 aliphatic carbocycles. The van der Waals surface area contributed by atoms with Crippen molar-refractivity contribution in [2.75, 3.05) is 79.0 Å². The maximum absolute atomic E-state index is 11.5. The molecule has 2 N–H and O–H groups in total. The fourth-order valence-corrected chi connectivity index (χ4v) is 3.96. The van der Waals surface area contributed by atoms with E-state index in [1.807, 2.05) is 0 Å². The number of rotatable bonds is 6. The van der Waals surface area contributed by atoms with E-state index in [0.717, 1.165) is 0 Å². The van der Waals surface area contributed by atoms with Crippen LogP contribution in [0.3, 0.4) is 0 Å². The molecule has 208 valence electrons. The fourth-order valence-electron chi connectivity index (χ4n) is 3.96. The number of carbonyl (C=O) groups is 2. The van der Waals surface area contributed by atoms with Crippen LogP contribution in [0.1, 0.15) is 32.1 Å². The third-order valence-electron chi connectivity index (χ3n) is 5.93. The number of nitrogens with zero attached hydrogens (tertiary/aromatic N) is 4. The van der Waals surface area contributed by atoms with E-state index in [-0.39, 0.29) is 11.4 Å². The minimum Gasteiger partial charge on any atom is -0.477 e. The van der Waals surface area contributed by atoms with E-state index in [1.165, 1.54) is 12.4 Å². The van der Waals surface area contributed by atoms with Crippen LogP contribution in [0, 0.1) is 0 Å². The molecule has 1 fully saturated rings. The number of aromatic nitrogens is 2. The first kappa shape index (κ1) is 29.6. The summed E-state index contributed by atoms with van der Waals surface area (Å²) in [6.07, 6.45) is 2.95. The third kappa shape index (κ3) is 10.4. The highest BCUT2D eigenvalue weighted by atomic mass is 16.5. The number of carboxylic acid groups (broad SMARTS) is 2. The van der Waals surface area contributed by atoms with Gasteiger partial charge in [-0.2, -0.15) is 0 Å². The van der Waals surface area contributed by atoms with Crippen LogP contribution in [0.15, 0.2) is 36.7 Å². The summed E-state index contributed by atoms with van der Waals surface area (Å²) in [4.78, 5) is 35.2. The molecule has 38 heavy (non-hydrogen) atoms. The quantitative estimate of drug-likeness (QED) is 0.553. The number of hydrogen-bond donors (Lipinski definition) is 2. The first-order valence-corrected chi connectivity index (χ1v) is 12.6. The van der Waals surface area contributed by atoms with Crippen molar-refractivity contribution in [3.05, 3.63) is 59.2 Å². The molecule has 1 aliphatic heterocycles. The maximum atomic E-state index is 11.5. The van der Waals surface area contributed by atoms with Gasteiger partial charge < -0.3 is 29.2 Å². The Hall–Kier alpha value is -3.00. The Kier molecular flexibility index (Phi) is 13.0. The van der Waals surface area contributed by atoms with Gasteiger partial charge in [0.25, 0.3) is 0 Å². The predicted octanol–water partition coefficient (Wildman–Crippen LogP) is 1.26. The van der Waals surface area contributed by atoms with Crippen LogP contribution in [0.4, 0.5) is 0 Å². The molecule has 2 aromatic rings. The Balaban J connectivity index is 1.51. The molecule has 2 aromatic heterocycles. The molecule has 0 aromatic carbocycles. The molecule has 0 atom stereocenters. The zero-order chi connectivity index (χ0) is 27.0. The summed E-state index contributed by atoms with van der Waals surface area (Å²) in [7, 11) is 0. The number of carboxylic acids is 2. The summed E-state index contributed by atoms with van der Waals surface area (Å²) in [6, 6.07) is 7.00. The van der Waals surface area contributed by atoms with E-state index >= 15 is 0 Å². The van der Waals surface area contributed by atoms with E-state index < -0.39 is 11.9 Å². The maximum Gasteiger partial charge on any atom is 0.354 e. The van der Waals surface area contributed by atoms with Gasteiger partial charge in [0.2, 0.25) is 0 Å². The van der Waals surface area contributed by atoms with Crippen LogP contribution in [0.2, 0.25) is 0 Å². The van der Waals surface area contributed by atoms with E-state index in [4.69, 9.17) is 18.9 Å². The van der Waals surface area contributed by atoms with Crippen molar-refractivity contribution in [3.8, 4) is 0 Å². The topological polar surface area (TPSA) is 144 Å². The molecule has 0 spiro atoms. The Labute approximate surface area is 222 Å². The highest BCUT2D eigenvalue weighted by Gasteiger charge is 2.16. The lowest BCUT2D eigenvalue weighted by atomic mass is 10.2. The van der Waals surface area contributed by atoms with E-state index in [2.05, 4.69) is 19.8 Å². The summed E-state index contributed by atoms with van der Waals surface area (Å²) < 4.78 is 23.0. The normalized spacial score (nSPS) is 18.3. The van der Waals surface area contributed by atoms with E-state index in [9.17, 15) is 19.8 Å². The third-order valence-corrected chi connectivity index (χ3v) is 5.93. The van der Waals surface area contributed by atoms with Gasteiger partial charge in [0, 0.05) is 51.7 Å². The minimum absolute atomic E-state index is 0.0485. The van der Waals surface area contributed by atoms with Crippen molar-refractivity contribution in [2.24, 2.45) is 0 Å². The summed E-state index contributed by atoms with van der Waals surface area (Å²) >= 11 is 0. The van der Waals surface area contributed by atoms with Gasteiger partial charge >= 0.3 is 11.9 Å². The number of ether oxygens (including phenoxy) is 4. The monoisotopic (exact) mass is 532 g/mol. The second kappa shape index (κ2) is 16.8. The Bertz CT molecular complexity index is 909. The molecule has 0 unspecified atom stereocenters. The SMILES string of the molecule is O=C(O)c1ncccc1CN1CCOCCOCCN(Cc2cccnc2C(=O)O)CCOCCOCC1. The lowest BCUT2D eigenvalue weighted by Crippen LogP contribution is -2.33. The lowest BCUT2D eigenvalue weighted by Gasteiger charge is -2.24. The molecule has 1 aliphatic rings. The molecule has 12 heteroatoms. The average Bonchev–Trinajstić information content (AvgIpc) is 2.91. The molecule has 0 radical (unpaired) electrons. The molecule has 0 saturated carbocycles. The second-order valence-corrected chi connectivity index (χ2v) is 8.63. The molecule has 0 amide bonds. The standard InChI is InChI=1S/C26H36N4O8/c31-25(32)23-21(3-1-5-27-23)19-29-7-11-35-15-17-37-13-9-30(10-14-38-18-16-36-12-8-29)20-22-4-2-6-28-24(22)26(33)34/h1-6H,7-20H2,(H,31,32)(H,33,34). The van der Waals surface area contributed by atoms with Crippen molar-refractivity contribution in [1.29, 1.82) is 0 Å². The average molecular weight is 533 g/mol. The first-order chi connectivity index (χ1) is 18.5. The number of aromatic carboxylic acids is 2. The summed E-state index contributed by atoms with van der Waals surface area (Å²) in [5, 5.41) is 18.9. The first-order valence-electron chi connectivity index (χ1n) is 12.6. The smallest absolute Gasteiger partial charge is 0.354 e.